The molecule has 0 radical (unpaired) electrons. The van der Waals surface area contributed by atoms with Crippen molar-refractivity contribution < 1.29 is 22.8 Å². The lowest BCUT2D eigenvalue weighted by molar-refractivity contribution is -0.137. The first-order valence-corrected chi connectivity index (χ1v) is 10.8. The van der Waals surface area contributed by atoms with Crippen LogP contribution in [-0.2, 0) is 17.6 Å². The molecule has 1 heterocycles. The van der Waals surface area contributed by atoms with Crippen LogP contribution in [-0.4, -0.2) is 30.5 Å². The van der Waals surface area contributed by atoms with Crippen LogP contribution in [0.5, 0.6) is 0 Å². The fourth-order valence-corrected chi connectivity index (χ4v) is 4.16. The predicted molar refractivity (Wildman–Crippen MR) is 111 cm³/mol. The Balaban J connectivity index is 1.26. The van der Waals surface area contributed by atoms with Crippen molar-refractivity contribution in [3.63, 3.8) is 0 Å². The number of rotatable bonds is 7. The average molecular weight is 432 g/mol. The van der Waals surface area contributed by atoms with Gasteiger partial charge in [-0.3, -0.25) is 4.90 Å². The molecular weight excluding hydrogens is 405 g/mol. The number of carbonyl (C=O) groups is 1. The van der Waals surface area contributed by atoms with Crippen LogP contribution in [0.25, 0.3) is 0 Å². The number of hydroxylamine groups is 1. The van der Waals surface area contributed by atoms with Gasteiger partial charge in [0.15, 0.2) is 0 Å². The number of likely N-dealkylation sites (tertiary alicyclic amines) is 1. The molecule has 0 amide bonds. The van der Waals surface area contributed by atoms with Gasteiger partial charge in [0, 0.05) is 13.1 Å². The summed E-state index contributed by atoms with van der Waals surface area (Å²) in [6.45, 7) is 2.76. The molecular formula is C24H27F3N2O2. The van der Waals surface area contributed by atoms with E-state index in [2.05, 4.69) is 10.4 Å². The van der Waals surface area contributed by atoms with Gasteiger partial charge in [0.2, 0.25) is 0 Å². The maximum Gasteiger partial charge on any atom is 0.416 e. The van der Waals surface area contributed by atoms with Crippen LogP contribution in [0.2, 0.25) is 0 Å². The van der Waals surface area contributed by atoms with E-state index in [-0.39, 0.29) is 0 Å². The number of carbonyl (C=O) groups excluding carboxylic acids is 1. The van der Waals surface area contributed by atoms with E-state index in [9.17, 15) is 18.0 Å². The SMILES string of the molecule is O=C(ONCC1CCN(Cc2cc(C(F)(F)F)ccc2C2CC2)CC1)c1ccccc1. The lowest BCUT2D eigenvalue weighted by atomic mass is 9.95. The van der Waals surface area contributed by atoms with Gasteiger partial charge in [0.05, 0.1) is 11.1 Å². The minimum Gasteiger partial charge on any atom is -0.367 e. The first kappa shape index (κ1) is 21.8. The molecule has 4 nitrogen and oxygen atoms in total. The fraction of sp³-hybridized carbons (Fsp3) is 0.458. The highest BCUT2D eigenvalue weighted by Gasteiger charge is 2.33. The molecule has 2 aromatic carbocycles. The summed E-state index contributed by atoms with van der Waals surface area (Å²) >= 11 is 0. The lowest BCUT2D eigenvalue weighted by Crippen LogP contribution is -2.37. The zero-order chi connectivity index (χ0) is 21.8. The Kier molecular flexibility index (Phi) is 6.62. The van der Waals surface area contributed by atoms with Crippen molar-refractivity contribution in [3.05, 3.63) is 70.8 Å². The molecule has 0 spiro atoms. The van der Waals surface area contributed by atoms with E-state index in [1.165, 1.54) is 12.1 Å². The normalized spacial score (nSPS) is 18.2. The maximum absolute atomic E-state index is 13.2. The predicted octanol–water partition coefficient (Wildman–Crippen LogP) is 5.16. The van der Waals surface area contributed by atoms with E-state index in [0.717, 1.165) is 49.9 Å². The van der Waals surface area contributed by atoms with Crippen molar-refractivity contribution in [3.8, 4) is 0 Å². The Morgan fingerprint density at radius 2 is 1.74 bits per heavy atom. The van der Waals surface area contributed by atoms with Crippen molar-refractivity contribution in [1.82, 2.24) is 10.4 Å². The lowest BCUT2D eigenvalue weighted by Gasteiger charge is -2.32. The van der Waals surface area contributed by atoms with Gasteiger partial charge in [-0.05, 0) is 86.0 Å². The molecule has 0 atom stereocenters. The number of nitrogens with zero attached hydrogens (tertiary/aromatic N) is 1. The standard InChI is InChI=1S/C24H27F3N2O2/c25-24(26,27)21-8-9-22(18-6-7-18)20(14-21)16-29-12-10-17(11-13-29)15-28-31-23(30)19-4-2-1-3-5-19/h1-5,8-9,14,17-18,28H,6-7,10-13,15-16H2. The Morgan fingerprint density at radius 3 is 2.39 bits per heavy atom. The molecule has 1 saturated heterocycles. The Bertz CT molecular complexity index is 889. The number of piperidine rings is 1. The topological polar surface area (TPSA) is 41.6 Å². The summed E-state index contributed by atoms with van der Waals surface area (Å²) in [5, 5.41) is 0. The number of halogens is 3. The molecule has 1 aliphatic carbocycles. The molecule has 0 unspecified atom stereocenters. The summed E-state index contributed by atoms with van der Waals surface area (Å²) in [4.78, 5) is 19.3. The van der Waals surface area contributed by atoms with Crippen LogP contribution in [0.4, 0.5) is 13.2 Å². The van der Waals surface area contributed by atoms with Crippen LogP contribution in [0.1, 0.15) is 58.6 Å². The van der Waals surface area contributed by atoms with Gasteiger partial charge in [0.1, 0.15) is 0 Å². The zero-order valence-corrected chi connectivity index (χ0v) is 17.3. The highest BCUT2D eigenvalue weighted by atomic mass is 19.4. The van der Waals surface area contributed by atoms with Crippen molar-refractivity contribution in [2.45, 2.75) is 44.3 Å². The third kappa shape index (κ3) is 5.86. The second-order valence-corrected chi connectivity index (χ2v) is 8.51. The third-order valence-corrected chi connectivity index (χ3v) is 6.13. The van der Waals surface area contributed by atoms with E-state index in [1.54, 1.807) is 30.3 Å². The van der Waals surface area contributed by atoms with Crippen LogP contribution < -0.4 is 5.48 Å². The van der Waals surface area contributed by atoms with Crippen molar-refractivity contribution >= 4 is 5.97 Å². The molecule has 4 rings (SSSR count). The number of nitrogens with one attached hydrogen (secondary N) is 1. The molecule has 2 aliphatic rings. The van der Waals surface area contributed by atoms with Crippen LogP contribution in [0.3, 0.4) is 0 Å². The highest BCUT2D eigenvalue weighted by molar-refractivity contribution is 5.89. The Morgan fingerprint density at radius 1 is 1.03 bits per heavy atom. The van der Waals surface area contributed by atoms with E-state index < -0.39 is 17.7 Å². The van der Waals surface area contributed by atoms with Crippen molar-refractivity contribution in [2.75, 3.05) is 19.6 Å². The second-order valence-electron chi connectivity index (χ2n) is 8.51. The number of hydrogen-bond acceptors (Lipinski definition) is 4. The average Bonchev–Trinajstić information content (AvgIpc) is 3.60. The fourth-order valence-electron chi connectivity index (χ4n) is 4.16. The first-order chi connectivity index (χ1) is 14.9. The molecule has 1 aliphatic heterocycles. The van der Waals surface area contributed by atoms with Gasteiger partial charge in [-0.15, -0.1) is 0 Å². The molecule has 0 bridgehead atoms. The van der Waals surface area contributed by atoms with Gasteiger partial charge in [-0.1, -0.05) is 24.3 Å². The highest BCUT2D eigenvalue weighted by Crippen LogP contribution is 2.43. The quantitative estimate of drug-likeness (QED) is 0.614. The smallest absolute Gasteiger partial charge is 0.367 e. The van der Waals surface area contributed by atoms with E-state index in [0.29, 0.717) is 30.5 Å². The summed E-state index contributed by atoms with van der Waals surface area (Å²) in [6.07, 6.45) is -0.366. The van der Waals surface area contributed by atoms with E-state index in [4.69, 9.17) is 4.84 Å². The summed E-state index contributed by atoms with van der Waals surface area (Å²) in [7, 11) is 0. The van der Waals surface area contributed by atoms with E-state index >= 15 is 0 Å². The van der Waals surface area contributed by atoms with Gasteiger partial charge < -0.3 is 4.84 Å². The molecule has 166 valence electrons. The van der Waals surface area contributed by atoms with Gasteiger partial charge in [-0.2, -0.15) is 18.7 Å². The molecule has 31 heavy (non-hydrogen) atoms. The van der Waals surface area contributed by atoms with Gasteiger partial charge in [0.25, 0.3) is 0 Å². The Labute approximate surface area is 180 Å². The minimum atomic E-state index is -4.31. The van der Waals surface area contributed by atoms with Crippen LogP contribution in [0.15, 0.2) is 48.5 Å². The number of alkyl halides is 3. The molecule has 7 heteroatoms. The Hall–Kier alpha value is -2.38. The second kappa shape index (κ2) is 9.40. The van der Waals surface area contributed by atoms with Crippen LogP contribution >= 0.6 is 0 Å². The number of benzene rings is 2. The summed E-state index contributed by atoms with van der Waals surface area (Å²) in [6, 6.07) is 13.0. The van der Waals surface area contributed by atoms with Crippen molar-refractivity contribution in [2.24, 2.45) is 5.92 Å². The monoisotopic (exact) mass is 432 g/mol. The number of hydrogen-bond donors (Lipinski definition) is 1. The van der Waals surface area contributed by atoms with Crippen LogP contribution in [0, 0.1) is 5.92 Å². The largest absolute Gasteiger partial charge is 0.416 e. The van der Waals surface area contributed by atoms with E-state index in [1.807, 2.05) is 6.07 Å². The summed E-state index contributed by atoms with van der Waals surface area (Å²) < 4.78 is 39.5. The first-order valence-electron chi connectivity index (χ1n) is 10.8. The maximum atomic E-state index is 13.2. The molecule has 2 fully saturated rings. The minimum absolute atomic E-state index is 0.365. The van der Waals surface area contributed by atoms with Crippen molar-refractivity contribution in [1.29, 1.82) is 0 Å². The molecule has 0 aromatic heterocycles. The molecule has 1 N–H and O–H groups in total. The van der Waals surface area contributed by atoms with Gasteiger partial charge >= 0.3 is 12.1 Å². The summed E-state index contributed by atoms with van der Waals surface area (Å²) in [5.41, 5.74) is 4.60. The third-order valence-electron chi connectivity index (χ3n) is 6.13. The summed E-state index contributed by atoms with van der Waals surface area (Å²) in [5.74, 6) is 0.373. The molecule has 2 aromatic rings. The molecule has 1 saturated carbocycles. The zero-order valence-electron chi connectivity index (χ0n) is 17.3. The van der Waals surface area contributed by atoms with Gasteiger partial charge in [-0.25, -0.2) is 4.79 Å².